The molecule has 0 aromatic heterocycles. The number of unbranched alkanes of at least 4 members (excludes halogenated alkanes) is 29. The largest absolute Gasteiger partial charge is 0.472 e. The molecule has 0 aliphatic rings. The number of phosphoric ester groups is 2. The Morgan fingerprint density at radius 1 is 0.294 bits per heavy atom. The van der Waals surface area contributed by atoms with Crippen LogP contribution in [0.2, 0.25) is 0 Å². The molecule has 0 aromatic rings. The minimum absolute atomic E-state index is 0.102. The maximum absolute atomic E-state index is 13.0. The van der Waals surface area contributed by atoms with Gasteiger partial charge in [0.05, 0.1) is 26.4 Å². The highest BCUT2D eigenvalue weighted by atomic mass is 31.2. The zero-order chi connectivity index (χ0) is 63.2. The summed E-state index contributed by atoms with van der Waals surface area (Å²) in [5.74, 6) is 0.764. The molecule has 19 heteroatoms. The molecular formula is C66H128O17P2. The van der Waals surface area contributed by atoms with Gasteiger partial charge in [-0.3, -0.25) is 37.3 Å². The van der Waals surface area contributed by atoms with Crippen LogP contribution < -0.4 is 0 Å². The number of phosphoric acid groups is 2. The highest BCUT2D eigenvalue weighted by molar-refractivity contribution is 7.47. The Labute approximate surface area is 517 Å². The Kier molecular flexibility index (Phi) is 54.8. The van der Waals surface area contributed by atoms with Gasteiger partial charge in [0, 0.05) is 25.7 Å². The highest BCUT2D eigenvalue weighted by Gasteiger charge is 2.30. The summed E-state index contributed by atoms with van der Waals surface area (Å²) in [4.78, 5) is 72.3. The van der Waals surface area contributed by atoms with Crippen LogP contribution in [-0.2, 0) is 65.4 Å². The number of hydrogen-bond acceptors (Lipinski definition) is 15. The lowest BCUT2D eigenvalue weighted by Crippen LogP contribution is -2.30. The van der Waals surface area contributed by atoms with Gasteiger partial charge in [0.15, 0.2) is 12.2 Å². The Balaban J connectivity index is 5.25. The quantitative estimate of drug-likeness (QED) is 0.0222. The van der Waals surface area contributed by atoms with Crippen molar-refractivity contribution in [3.05, 3.63) is 0 Å². The molecule has 85 heavy (non-hydrogen) atoms. The molecule has 0 aromatic carbocycles. The van der Waals surface area contributed by atoms with E-state index in [-0.39, 0.29) is 25.7 Å². The number of rotatable bonds is 63. The molecule has 0 fully saturated rings. The third-order valence-electron chi connectivity index (χ3n) is 15.1. The van der Waals surface area contributed by atoms with Gasteiger partial charge in [-0.1, -0.05) is 267 Å². The number of ether oxygens (including phenoxy) is 4. The molecule has 3 unspecified atom stereocenters. The molecule has 0 saturated heterocycles. The molecule has 0 amide bonds. The standard InChI is InChI=1S/C66H128O17P2/c1-56(2)42-34-26-18-11-9-13-22-30-38-46-63(68)76-53-62(83-66(71)49-41-33-25-17-21-29-37-45-59(7)8)55-81-85(74,75)79-51-60(67)50-78-84(72,73)80-54-61(52-77-64(69)47-39-31-23-16-15-20-28-36-44-58(5)6)82-65(70)48-40-32-24-14-10-12-19-27-35-43-57(3)4/h56-62,67H,9-55H2,1-8H3,(H,72,73)(H,74,75)/t60?,61-,62-/m1/s1. The van der Waals surface area contributed by atoms with Crippen LogP contribution in [-0.4, -0.2) is 96.7 Å². The summed E-state index contributed by atoms with van der Waals surface area (Å²) in [7, 11) is -9.89. The summed E-state index contributed by atoms with van der Waals surface area (Å²) in [6.45, 7) is 14.0. The number of hydrogen-bond donors (Lipinski definition) is 3. The zero-order valence-electron chi connectivity index (χ0n) is 55.2. The number of carbonyl (C=O) groups excluding carboxylic acids is 4. The van der Waals surface area contributed by atoms with Crippen molar-refractivity contribution in [2.75, 3.05) is 39.6 Å². The molecule has 0 bridgehead atoms. The minimum atomic E-state index is -4.95. The van der Waals surface area contributed by atoms with Gasteiger partial charge in [-0.05, 0) is 49.4 Å². The lowest BCUT2D eigenvalue weighted by molar-refractivity contribution is -0.161. The van der Waals surface area contributed by atoms with E-state index in [2.05, 4.69) is 55.4 Å². The first-order chi connectivity index (χ1) is 40.6. The summed E-state index contributed by atoms with van der Waals surface area (Å²) in [5.41, 5.74) is 0. The highest BCUT2D eigenvalue weighted by Crippen LogP contribution is 2.45. The number of aliphatic hydroxyl groups excluding tert-OH is 1. The van der Waals surface area contributed by atoms with E-state index in [1.165, 1.54) is 122 Å². The predicted molar refractivity (Wildman–Crippen MR) is 340 cm³/mol. The van der Waals surface area contributed by atoms with E-state index >= 15 is 0 Å². The van der Waals surface area contributed by atoms with Gasteiger partial charge in [0.2, 0.25) is 0 Å². The van der Waals surface area contributed by atoms with Gasteiger partial charge >= 0.3 is 39.5 Å². The van der Waals surface area contributed by atoms with Gasteiger partial charge in [-0.25, -0.2) is 9.13 Å². The Morgan fingerprint density at radius 3 is 0.729 bits per heavy atom. The fourth-order valence-electron chi connectivity index (χ4n) is 9.78. The van der Waals surface area contributed by atoms with Gasteiger partial charge < -0.3 is 33.8 Å². The minimum Gasteiger partial charge on any atom is -0.462 e. The van der Waals surface area contributed by atoms with Crippen molar-refractivity contribution < 1.29 is 80.2 Å². The average molecular weight is 1260 g/mol. The molecular weight excluding hydrogens is 1130 g/mol. The number of esters is 4. The Morgan fingerprint density at radius 2 is 0.494 bits per heavy atom. The first kappa shape index (κ1) is 83.1. The van der Waals surface area contributed by atoms with Crippen LogP contribution in [0.15, 0.2) is 0 Å². The van der Waals surface area contributed by atoms with Crippen LogP contribution in [0.1, 0.15) is 319 Å². The zero-order valence-corrected chi connectivity index (χ0v) is 57.0. The van der Waals surface area contributed by atoms with Crippen LogP contribution in [0.4, 0.5) is 0 Å². The van der Waals surface area contributed by atoms with Crippen LogP contribution in [0.25, 0.3) is 0 Å². The van der Waals surface area contributed by atoms with Crippen molar-refractivity contribution in [3.63, 3.8) is 0 Å². The maximum atomic E-state index is 13.0. The molecule has 0 saturated carbocycles. The molecule has 3 N–H and O–H groups in total. The van der Waals surface area contributed by atoms with Crippen LogP contribution >= 0.6 is 15.6 Å². The summed E-state index contributed by atoms with van der Waals surface area (Å²) in [6.07, 6.45) is 36.3. The van der Waals surface area contributed by atoms with E-state index in [9.17, 15) is 43.2 Å². The summed E-state index contributed by atoms with van der Waals surface area (Å²) in [5, 5.41) is 10.5. The van der Waals surface area contributed by atoms with E-state index in [1.54, 1.807) is 0 Å². The van der Waals surface area contributed by atoms with Gasteiger partial charge in [0.1, 0.15) is 19.3 Å². The van der Waals surface area contributed by atoms with Gasteiger partial charge in [-0.2, -0.15) is 0 Å². The van der Waals surface area contributed by atoms with Crippen LogP contribution in [0.5, 0.6) is 0 Å². The molecule has 504 valence electrons. The maximum Gasteiger partial charge on any atom is 0.472 e. The summed E-state index contributed by atoms with van der Waals surface area (Å²) in [6, 6.07) is 0. The lowest BCUT2D eigenvalue weighted by Gasteiger charge is -2.21. The molecule has 0 heterocycles. The van der Waals surface area contributed by atoms with Crippen molar-refractivity contribution in [2.45, 2.75) is 337 Å². The lowest BCUT2D eigenvalue weighted by atomic mass is 10.0. The SMILES string of the molecule is CC(C)CCCCCCCCCCCC(=O)OC[C@H](COP(=O)(O)OCC(O)COP(=O)(O)OC[C@@H](COC(=O)CCCCCCCCCCC(C)C)OC(=O)CCCCCCCCCCCC(C)C)OC(=O)CCCCCCCCCC(C)C. The number of aliphatic hydroxyl groups is 1. The van der Waals surface area contributed by atoms with Crippen LogP contribution in [0, 0.1) is 23.7 Å². The molecule has 17 nitrogen and oxygen atoms in total. The molecule has 0 aliphatic heterocycles. The van der Waals surface area contributed by atoms with Crippen LogP contribution in [0.3, 0.4) is 0 Å². The molecule has 0 spiro atoms. The monoisotopic (exact) mass is 1250 g/mol. The Hall–Kier alpha value is -1.94. The van der Waals surface area contributed by atoms with E-state index in [0.717, 1.165) is 108 Å². The van der Waals surface area contributed by atoms with Gasteiger partial charge in [-0.15, -0.1) is 0 Å². The molecule has 0 rings (SSSR count). The van der Waals surface area contributed by atoms with Crippen molar-refractivity contribution in [3.8, 4) is 0 Å². The fourth-order valence-corrected chi connectivity index (χ4v) is 11.4. The molecule has 5 atom stereocenters. The second-order valence-corrected chi connectivity index (χ2v) is 28.7. The van der Waals surface area contributed by atoms with Crippen molar-refractivity contribution in [1.29, 1.82) is 0 Å². The second kappa shape index (κ2) is 56.1. The third kappa shape index (κ3) is 60.7. The van der Waals surface area contributed by atoms with Crippen molar-refractivity contribution >= 4 is 39.5 Å². The van der Waals surface area contributed by atoms with Crippen molar-refractivity contribution in [2.24, 2.45) is 23.7 Å². The molecule has 0 aliphatic carbocycles. The molecule has 0 radical (unpaired) electrons. The normalized spacial score (nSPS) is 14.4. The first-order valence-electron chi connectivity index (χ1n) is 34.2. The smallest absolute Gasteiger partial charge is 0.462 e. The van der Waals surface area contributed by atoms with E-state index in [1.807, 2.05) is 0 Å². The van der Waals surface area contributed by atoms with Gasteiger partial charge in [0.25, 0.3) is 0 Å². The number of carbonyl (C=O) groups is 4. The average Bonchev–Trinajstić information content (AvgIpc) is 3.60. The first-order valence-corrected chi connectivity index (χ1v) is 37.2. The fraction of sp³-hybridized carbons (Fsp3) is 0.939. The summed E-state index contributed by atoms with van der Waals surface area (Å²) >= 11 is 0. The predicted octanol–water partition coefficient (Wildman–Crippen LogP) is 18.1. The van der Waals surface area contributed by atoms with Crippen molar-refractivity contribution in [1.82, 2.24) is 0 Å². The third-order valence-corrected chi connectivity index (χ3v) is 17.0. The Bertz CT molecular complexity index is 1700. The van der Waals surface area contributed by atoms with E-state index in [4.69, 9.17) is 37.0 Å². The summed E-state index contributed by atoms with van der Waals surface area (Å²) < 4.78 is 68.1. The van der Waals surface area contributed by atoms with E-state index < -0.39 is 97.5 Å². The topological polar surface area (TPSA) is 237 Å². The van der Waals surface area contributed by atoms with E-state index in [0.29, 0.717) is 31.6 Å². The second-order valence-electron chi connectivity index (χ2n) is 25.8.